The van der Waals surface area contributed by atoms with Crippen LogP contribution in [-0.2, 0) is 9.59 Å². The number of rotatable bonds is 6. The Hall–Kier alpha value is -3.20. The topological polar surface area (TPSA) is 108 Å². The molecule has 0 atom stereocenters. The van der Waals surface area contributed by atoms with Gasteiger partial charge in [-0.3, -0.25) is 9.59 Å². The highest BCUT2D eigenvalue weighted by Crippen LogP contribution is 2.21. The van der Waals surface area contributed by atoms with Crippen molar-refractivity contribution >= 4 is 28.8 Å². The summed E-state index contributed by atoms with van der Waals surface area (Å²) in [4.78, 5) is 35.5. The highest BCUT2D eigenvalue weighted by molar-refractivity contribution is 6.20. The second-order valence-corrected chi connectivity index (χ2v) is 5.24. The normalized spacial score (nSPS) is 11.2. The fourth-order valence-corrected chi connectivity index (χ4v) is 2.31. The number of benzene rings is 1. The van der Waals surface area contributed by atoms with Crippen LogP contribution >= 0.6 is 0 Å². The summed E-state index contributed by atoms with van der Waals surface area (Å²) in [5.41, 5.74) is -0.0452. The third-order valence-corrected chi connectivity index (χ3v) is 3.43. The standard InChI is InChI=1S/C18H15NO5/c1-11-9-16(21)13-6-4-5-12(17(13)24-11)10-14(18(22)23)15(20)7-2-3-8-19/h4-6,9-10H,2-3,7H2,1H3,(H,22,23). The number of hydrogen-bond acceptors (Lipinski definition) is 5. The summed E-state index contributed by atoms with van der Waals surface area (Å²) in [6.07, 6.45) is 1.66. The molecule has 0 amide bonds. The first-order chi connectivity index (χ1) is 11.4. The zero-order chi connectivity index (χ0) is 17.7. The second-order valence-electron chi connectivity index (χ2n) is 5.24. The molecule has 122 valence electrons. The monoisotopic (exact) mass is 325 g/mol. The van der Waals surface area contributed by atoms with Gasteiger partial charge in [-0.05, 0) is 25.5 Å². The van der Waals surface area contributed by atoms with Crippen LogP contribution in [0.15, 0.2) is 39.1 Å². The number of Topliss-reactive ketones (excluding diaryl/α,β-unsaturated/α-hetero) is 1. The summed E-state index contributed by atoms with van der Waals surface area (Å²) in [5, 5.41) is 18.1. The van der Waals surface area contributed by atoms with Crippen molar-refractivity contribution < 1.29 is 19.1 Å². The van der Waals surface area contributed by atoms with Gasteiger partial charge in [0.25, 0.3) is 0 Å². The molecule has 1 aromatic heterocycles. The van der Waals surface area contributed by atoms with Gasteiger partial charge in [-0.2, -0.15) is 5.26 Å². The third kappa shape index (κ3) is 3.76. The Morgan fingerprint density at radius 3 is 2.79 bits per heavy atom. The van der Waals surface area contributed by atoms with Crippen LogP contribution in [0.3, 0.4) is 0 Å². The quantitative estimate of drug-likeness (QED) is 0.378. The third-order valence-electron chi connectivity index (χ3n) is 3.43. The van der Waals surface area contributed by atoms with Crippen LogP contribution in [0.25, 0.3) is 17.0 Å². The minimum Gasteiger partial charge on any atom is -0.478 e. The number of aryl methyl sites for hydroxylation is 1. The number of para-hydroxylation sites is 1. The number of carbonyl (C=O) groups excluding carboxylic acids is 1. The average Bonchev–Trinajstić information content (AvgIpc) is 2.52. The van der Waals surface area contributed by atoms with E-state index in [9.17, 15) is 19.5 Å². The number of aliphatic carboxylic acids is 1. The molecule has 1 heterocycles. The molecule has 0 fully saturated rings. The van der Waals surface area contributed by atoms with Gasteiger partial charge in [0.1, 0.15) is 16.9 Å². The highest BCUT2D eigenvalue weighted by Gasteiger charge is 2.18. The van der Waals surface area contributed by atoms with E-state index >= 15 is 0 Å². The summed E-state index contributed by atoms with van der Waals surface area (Å²) in [6.45, 7) is 1.62. The van der Waals surface area contributed by atoms with Crippen molar-refractivity contribution in [2.75, 3.05) is 0 Å². The number of nitrogens with zero attached hydrogens (tertiary/aromatic N) is 1. The molecule has 1 N–H and O–H groups in total. The van der Waals surface area contributed by atoms with E-state index in [1.165, 1.54) is 12.1 Å². The van der Waals surface area contributed by atoms with E-state index in [1.54, 1.807) is 25.1 Å². The number of nitriles is 1. The Morgan fingerprint density at radius 1 is 1.38 bits per heavy atom. The second kappa shape index (κ2) is 7.38. The molecule has 2 aromatic rings. The van der Waals surface area contributed by atoms with E-state index in [0.29, 0.717) is 23.1 Å². The highest BCUT2D eigenvalue weighted by atomic mass is 16.4. The first kappa shape index (κ1) is 17.2. The molecule has 6 nitrogen and oxygen atoms in total. The van der Waals surface area contributed by atoms with Crippen LogP contribution in [0.1, 0.15) is 30.6 Å². The maximum Gasteiger partial charge on any atom is 0.339 e. The van der Waals surface area contributed by atoms with E-state index in [0.717, 1.165) is 0 Å². The Morgan fingerprint density at radius 2 is 2.12 bits per heavy atom. The van der Waals surface area contributed by atoms with Crippen molar-refractivity contribution in [2.24, 2.45) is 0 Å². The molecule has 2 rings (SSSR count). The Labute approximate surface area is 137 Å². The fourth-order valence-electron chi connectivity index (χ4n) is 2.31. The smallest absolute Gasteiger partial charge is 0.339 e. The van der Waals surface area contributed by atoms with Crippen molar-refractivity contribution in [1.82, 2.24) is 0 Å². The van der Waals surface area contributed by atoms with Crippen LogP contribution in [0.2, 0.25) is 0 Å². The van der Waals surface area contributed by atoms with Crippen molar-refractivity contribution in [2.45, 2.75) is 26.2 Å². The number of hydrogen-bond donors (Lipinski definition) is 1. The van der Waals surface area contributed by atoms with Crippen LogP contribution in [0.4, 0.5) is 0 Å². The predicted molar refractivity (Wildman–Crippen MR) is 87.3 cm³/mol. The Bertz CT molecular complexity index is 931. The van der Waals surface area contributed by atoms with Gasteiger partial charge in [0.2, 0.25) is 0 Å². The van der Waals surface area contributed by atoms with Gasteiger partial charge in [-0.25, -0.2) is 4.79 Å². The first-order valence-corrected chi connectivity index (χ1v) is 7.32. The van der Waals surface area contributed by atoms with Gasteiger partial charge in [0.15, 0.2) is 11.2 Å². The molecule has 0 saturated carbocycles. The zero-order valence-corrected chi connectivity index (χ0v) is 13.0. The van der Waals surface area contributed by atoms with Crippen molar-refractivity contribution in [3.05, 3.63) is 51.4 Å². The summed E-state index contributed by atoms with van der Waals surface area (Å²) in [5.74, 6) is -1.53. The molecule has 0 saturated heterocycles. The maximum absolute atomic E-state index is 12.1. The average molecular weight is 325 g/mol. The molecule has 6 heteroatoms. The van der Waals surface area contributed by atoms with Gasteiger partial charge in [0, 0.05) is 24.5 Å². The molecule has 0 aliphatic rings. The minimum absolute atomic E-state index is 0.0283. The number of fused-ring (bicyclic) bond motifs is 1. The van der Waals surface area contributed by atoms with Gasteiger partial charge in [0.05, 0.1) is 11.5 Å². The van der Waals surface area contributed by atoms with Gasteiger partial charge in [-0.1, -0.05) is 12.1 Å². The number of carbonyl (C=O) groups is 2. The first-order valence-electron chi connectivity index (χ1n) is 7.32. The summed E-state index contributed by atoms with van der Waals surface area (Å²) >= 11 is 0. The van der Waals surface area contributed by atoms with E-state index < -0.39 is 17.3 Å². The molecule has 0 aliphatic carbocycles. The molecule has 0 bridgehead atoms. The molecule has 0 unspecified atom stereocenters. The van der Waals surface area contributed by atoms with Crippen LogP contribution in [0.5, 0.6) is 0 Å². The lowest BCUT2D eigenvalue weighted by Crippen LogP contribution is -2.12. The Balaban J connectivity index is 2.52. The van der Waals surface area contributed by atoms with Crippen molar-refractivity contribution in [3.63, 3.8) is 0 Å². The summed E-state index contributed by atoms with van der Waals surface area (Å²) in [6, 6.07) is 8.01. The SMILES string of the molecule is Cc1cc(=O)c2cccc(C=C(C(=O)O)C(=O)CCCC#N)c2o1. The number of unbranched alkanes of at least 4 members (excludes halogenated alkanes) is 1. The lowest BCUT2D eigenvalue weighted by atomic mass is 10.0. The lowest BCUT2D eigenvalue weighted by molar-refractivity contribution is -0.134. The maximum atomic E-state index is 12.1. The number of carboxylic acid groups (broad SMARTS) is 1. The predicted octanol–water partition coefficient (Wildman–Crippen LogP) is 2.83. The zero-order valence-electron chi connectivity index (χ0n) is 13.0. The van der Waals surface area contributed by atoms with Gasteiger partial charge in [-0.15, -0.1) is 0 Å². The minimum atomic E-state index is -1.36. The summed E-state index contributed by atoms with van der Waals surface area (Å²) in [7, 11) is 0. The van der Waals surface area contributed by atoms with E-state index in [4.69, 9.17) is 9.68 Å². The van der Waals surface area contributed by atoms with Crippen molar-refractivity contribution in [3.8, 4) is 6.07 Å². The van der Waals surface area contributed by atoms with Crippen LogP contribution in [0, 0.1) is 18.3 Å². The molecule has 1 aromatic carbocycles. The molecule has 0 radical (unpaired) electrons. The lowest BCUT2D eigenvalue weighted by Gasteiger charge is -2.05. The summed E-state index contributed by atoms with van der Waals surface area (Å²) < 4.78 is 5.54. The van der Waals surface area contributed by atoms with Crippen LogP contribution < -0.4 is 5.43 Å². The molecule has 24 heavy (non-hydrogen) atoms. The molecular formula is C18H15NO5. The molecule has 0 aliphatic heterocycles. The van der Waals surface area contributed by atoms with E-state index in [-0.39, 0.29) is 23.9 Å². The van der Waals surface area contributed by atoms with Gasteiger partial charge < -0.3 is 9.52 Å². The van der Waals surface area contributed by atoms with Crippen molar-refractivity contribution in [1.29, 1.82) is 5.26 Å². The van der Waals surface area contributed by atoms with E-state index in [1.807, 2.05) is 6.07 Å². The number of carboxylic acids is 1. The van der Waals surface area contributed by atoms with Crippen LogP contribution in [-0.4, -0.2) is 16.9 Å². The molecule has 0 spiro atoms. The van der Waals surface area contributed by atoms with Gasteiger partial charge >= 0.3 is 5.97 Å². The number of ketones is 1. The van der Waals surface area contributed by atoms with E-state index in [2.05, 4.69) is 0 Å². The largest absolute Gasteiger partial charge is 0.478 e. The Kier molecular flexibility index (Phi) is 5.27. The fraction of sp³-hybridized carbons (Fsp3) is 0.222. The molecular weight excluding hydrogens is 310 g/mol.